The first-order chi connectivity index (χ1) is 17.2. The fourth-order valence-electron chi connectivity index (χ4n) is 4.83. The van der Waals surface area contributed by atoms with Crippen LogP contribution in [0.25, 0.3) is 0 Å². The van der Waals surface area contributed by atoms with Gasteiger partial charge < -0.3 is 9.42 Å². The predicted octanol–water partition coefficient (Wildman–Crippen LogP) is 2.97. The fraction of sp³-hybridized carbons (Fsp3) is 0.654. The van der Waals surface area contributed by atoms with E-state index < -0.39 is 10.0 Å². The van der Waals surface area contributed by atoms with Crippen LogP contribution in [-0.4, -0.2) is 77.8 Å². The zero-order valence-electron chi connectivity index (χ0n) is 21.7. The normalized spacial score (nSPS) is 18.7. The molecule has 2 fully saturated rings. The van der Waals surface area contributed by atoms with E-state index in [0.29, 0.717) is 74.0 Å². The van der Waals surface area contributed by atoms with Crippen LogP contribution in [0.4, 0.5) is 0 Å². The predicted molar refractivity (Wildman–Crippen MR) is 137 cm³/mol. The Labute approximate surface area is 214 Å². The molecule has 0 saturated carbocycles. The molecule has 0 unspecified atom stereocenters. The number of aromatic nitrogens is 2. The number of piperazine rings is 1. The molecule has 10 heteroatoms. The van der Waals surface area contributed by atoms with Gasteiger partial charge in [-0.05, 0) is 48.8 Å². The van der Waals surface area contributed by atoms with E-state index in [1.165, 1.54) is 0 Å². The second kappa shape index (κ2) is 11.8. The van der Waals surface area contributed by atoms with Crippen LogP contribution in [0.3, 0.4) is 0 Å². The summed E-state index contributed by atoms with van der Waals surface area (Å²) in [7, 11) is -3.51. The van der Waals surface area contributed by atoms with E-state index in [1.54, 1.807) is 16.4 Å². The van der Waals surface area contributed by atoms with Crippen LogP contribution in [0.15, 0.2) is 33.7 Å². The average molecular weight is 518 g/mol. The molecule has 0 aliphatic carbocycles. The van der Waals surface area contributed by atoms with Crippen molar-refractivity contribution in [1.82, 2.24) is 24.2 Å². The monoisotopic (exact) mass is 517 g/mol. The highest BCUT2D eigenvalue weighted by Gasteiger charge is 2.29. The molecule has 0 bridgehead atoms. The van der Waals surface area contributed by atoms with Crippen LogP contribution < -0.4 is 0 Å². The zero-order chi connectivity index (χ0) is 25.7. The maximum Gasteiger partial charge on any atom is 0.243 e. The van der Waals surface area contributed by atoms with Gasteiger partial charge >= 0.3 is 0 Å². The van der Waals surface area contributed by atoms with Crippen LogP contribution in [0.5, 0.6) is 0 Å². The van der Waals surface area contributed by atoms with Gasteiger partial charge in [-0.1, -0.05) is 38.1 Å². The van der Waals surface area contributed by atoms with Crippen molar-refractivity contribution in [3.8, 4) is 0 Å². The van der Waals surface area contributed by atoms with Gasteiger partial charge in [-0.2, -0.15) is 9.29 Å². The van der Waals surface area contributed by atoms with Crippen molar-refractivity contribution >= 4 is 15.9 Å². The number of amides is 1. The average Bonchev–Trinajstić information content (AvgIpc) is 3.30. The molecule has 1 amide bonds. The van der Waals surface area contributed by atoms with Crippen molar-refractivity contribution in [2.24, 2.45) is 11.8 Å². The molecule has 2 aliphatic heterocycles. The summed E-state index contributed by atoms with van der Waals surface area (Å²) < 4.78 is 33.1. The van der Waals surface area contributed by atoms with Crippen LogP contribution in [0.2, 0.25) is 0 Å². The second-order valence-corrected chi connectivity index (χ2v) is 12.5. The molecule has 2 aliphatic rings. The van der Waals surface area contributed by atoms with E-state index in [0.717, 1.165) is 37.9 Å². The number of rotatable bonds is 9. The van der Waals surface area contributed by atoms with E-state index in [9.17, 15) is 13.2 Å². The number of carbonyl (C=O) groups is 1. The molecule has 0 radical (unpaired) electrons. The zero-order valence-corrected chi connectivity index (χ0v) is 22.5. The lowest BCUT2D eigenvalue weighted by Gasteiger charge is -2.33. The van der Waals surface area contributed by atoms with E-state index in [1.807, 2.05) is 17.0 Å². The highest BCUT2D eigenvalue weighted by molar-refractivity contribution is 7.89. The van der Waals surface area contributed by atoms with Gasteiger partial charge in [0.1, 0.15) is 0 Å². The third kappa shape index (κ3) is 6.92. The molecule has 2 aromatic rings. The van der Waals surface area contributed by atoms with Crippen LogP contribution in [0.1, 0.15) is 57.3 Å². The molecule has 1 aromatic carbocycles. The Kier molecular flexibility index (Phi) is 8.79. The first-order valence-electron chi connectivity index (χ1n) is 13.1. The number of sulfonamides is 1. The number of piperidine rings is 1. The Balaban J connectivity index is 1.23. The molecule has 198 valence electrons. The fourth-order valence-corrected chi connectivity index (χ4v) is 6.25. The SMILES string of the molecule is CC(C)Cc1ccc(S(=O)(=O)N2CCN(Cc3noc(CCC(=O)N4CCC(C)CC4)n3)CC2)cc1. The minimum absolute atomic E-state index is 0.147. The van der Waals surface area contributed by atoms with E-state index >= 15 is 0 Å². The second-order valence-electron chi connectivity index (χ2n) is 10.6. The lowest BCUT2D eigenvalue weighted by molar-refractivity contribution is -0.132. The van der Waals surface area contributed by atoms with Crippen LogP contribution >= 0.6 is 0 Å². The summed E-state index contributed by atoms with van der Waals surface area (Å²) in [6, 6.07) is 7.27. The molecule has 0 atom stereocenters. The minimum atomic E-state index is -3.51. The lowest BCUT2D eigenvalue weighted by atomic mass is 9.99. The third-order valence-corrected chi connectivity index (χ3v) is 9.01. The number of benzene rings is 1. The summed E-state index contributed by atoms with van der Waals surface area (Å²) in [5, 5.41) is 4.07. The number of carbonyl (C=O) groups excluding carboxylic acids is 1. The van der Waals surface area contributed by atoms with E-state index in [4.69, 9.17) is 4.52 Å². The van der Waals surface area contributed by atoms with Crippen LogP contribution in [0, 0.1) is 11.8 Å². The van der Waals surface area contributed by atoms with E-state index in [-0.39, 0.29) is 5.91 Å². The summed E-state index contributed by atoms with van der Waals surface area (Å²) in [5.74, 6) is 2.42. The summed E-state index contributed by atoms with van der Waals surface area (Å²) >= 11 is 0. The highest BCUT2D eigenvalue weighted by Crippen LogP contribution is 2.20. The summed E-state index contributed by atoms with van der Waals surface area (Å²) in [4.78, 5) is 21.3. The third-order valence-electron chi connectivity index (χ3n) is 7.10. The molecule has 9 nitrogen and oxygen atoms in total. The summed E-state index contributed by atoms with van der Waals surface area (Å²) in [6.45, 7) is 10.7. The van der Waals surface area contributed by atoms with Gasteiger partial charge in [-0.15, -0.1) is 0 Å². The van der Waals surface area contributed by atoms with Crippen molar-refractivity contribution in [2.75, 3.05) is 39.3 Å². The maximum atomic E-state index is 13.1. The van der Waals surface area contributed by atoms with Crippen molar-refractivity contribution in [3.63, 3.8) is 0 Å². The summed E-state index contributed by atoms with van der Waals surface area (Å²) in [5.41, 5.74) is 1.15. The van der Waals surface area contributed by atoms with E-state index in [2.05, 4.69) is 35.8 Å². The highest BCUT2D eigenvalue weighted by atomic mass is 32.2. The number of aryl methyl sites for hydroxylation is 1. The quantitative estimate of drug-likeness (QED) is 0.504. The Hall–Kier alpha value is -2.30. The number of likely N-dealkylation sites (tertiary alicyclic amines) is 1. The van der Waals surface area contributed by atoms with Gasteiger partial charge in [-0.3, -0.25) is 9.69 Å². The molecule has 36 heavy (non-hydrogen) atoms. The number of hydrogen-bond donors (Lipinski definition) is 0. The molecule has 3 heterocycles. The molecular formula is C26H39N5O4S. The van der Waals surface area contributed by atoms with Gasteiger partial charge in [-0.25, -0.2) is 8.42 Å². The number of nitrogens with zero attached hydrogens (tertiary/aromatic N) is 5. The van der Waals surface area contributed by atoms with Gasteiger partial charge in [0.05, 0.1) is 11.4 Å². The molecule has 4 rings (SSSR count). The Morgan fingerprint density at radius 2 is 1.72 bits per heavy atom. The molecule has 0 spiro atoms. The van der Waals surface area contributed by atoms with Gasteiger partial charge in [0, 0.05) is 52.1 Å². The standard InChI is InChI=1S/C26H39N5O4S/c1-20(2)18-22-4-6-23(7-5-22)36(33,34)31-16-14-29(15-17-31)19-24-27-25(35-28-24)8-9-26(32)30-12-10-21(3)11-13-30/h4-7,20-21H,8-19H2,1-3H3. The smallest absolute Gasteiger partial charge is 0.243 e. The Bertz CT molecular complexity index is 1100. The Morgan fingerprint density at radius 3 is 2.36 bits per heavy atom. The largest absolute Gasteiger partial charge is 0.343 e. The molecule has 2 saturated heterocycles. The Morgan fingerprint density at radius 1 is 1.06 bits per heavy atom. The van der Waals surface area contributed by atoms with Crippen molar-refractivity contribution in [3.05, 3.63) is 41.5 Å². The first kappa shape index (κ1) is 26.8. The molecular weight excluding hydrogens is 478 g/mol. The molecule has 1 aromatic heterocycles. The first-order valence-corrected chi connectivity index (χ1v) is 14.6. The van der Waals surface area contributed by atoms with Crippen molar-refractivity contribution < 1.29 is 17.7 Å². The van der Waals surface area contributed by atoms with Crippen LogP contribution in [-0.2, 0) is 34.2 Å². The number of hydrogen-bond acceptors (Lipinski definition) is 7. The minimum Gasteiger partial charge on any atom is -0.343 e. The van der Waals surface area contributed by atoms with Gasteiger partial charge in [0.25, 0.3) is 0 Å². The molecule has 0 N–H and O–H groups in total. The van der Waals surface area contributed by atoms with Gasteiger partial charge in [0.2, 0.25) is 21.8 Å². The summed E-state index contributed by atoms with van der Waals surface area (Å²) in [6.07, 6.45) is 3.89. The van der Waals surface area contributed by atoms with Crippen molar-refractivity contribution in [1.29, 1.82) is 0 Å². The maximum absolute atomic E-state index is 13.1. The van der Waals surface area contributed by atoms with Crippen molar-refractivity contribution in [2.45, 2.75) is 64.3 Å². The topological polar surface area (TPSA) is 99.8 Å². The van der Waals surface area contributed by atoms with Gasteiger partial charge in [0.15, 0.2) is 5.82 Å². The lowest BCUT2D eigenvalue weighted by Crippen LogP contribution is -2.48.